The second kappa shape index (κ2) is 6.10. The summed E-state index contributed by atoms with van der Waals surface area (Å²) in [4.78, 5) is 21.3. The minimum absolute atomic E-state index is 0.230. The van der Waals surface area contributed by atoms with E-state index in [1.165, 1.54) is 11.3 Å². The summed E-state index contributed by atoms with van der Waals surface area (Å²) >= 11 is 1.40. The molecule has 0 saturated heterocycles. The Balaban J connectivity index is 1.58. The quantitative estimate of drug-likeness (QED) is 0.613. The SMILES string of the molecule is Cc1nn(C)c2ncc(C(=O)Nc3nc(-c4ccccc4)cs3)cc12. The van der Waals surface area contributed by atoms with Gasteiger partial charge in [0.15, 0.2) is 10.8 Å². The molecule has 124 valence electrons. The van der Waals surface area contributed by atoms with E-state index in [1.54, 1.807) is 10.9 Å². The lowest BCUT2D eigenvalue weighted by Crippen LogP contribution is -2.12. The third-order valence-electron chi connectivity index (χ3n) is 3.92. The van der Waals surface area contributed by atoms with Crippen molar-refractivity contribution in [3.05, 3.63) is 59.2 Å². The smallest absolute Gasteiger partial charge is 0.259 e. The van der Waals surface area contributed by atoms with Crippen LogP contribution in [0.4, 0.5) is 5.13 Å². The van der Waals surface area contributed by atoms with Crippen LogP contribution in [0.15, 0.2) is 48.0 Å². The van der Waals surface area contributed by atoms with E-state index >= 15 is 0 Å². The molecule has 0 spiro atoms. The van der Waals surface area contributed by atoms with Crippen molar-refractivity contribution in [2.75, 3.05) is 5.32 Å². The summed E-state index contributed by atoms with van der Waals surface area (Å²) in [6.07, 6.45) is 1.56. The Labute approximate surface area is 148 Å². The van der Waals surface area contributed by atoms with Crippen LogP contribution in [-0.2, 0) is 7.05 Å². The highest BCUT2D eigenvalue weighted by Crippen LogP contribution is 2.25. The number of fused-ring (bicyclic) bond motifs is 1. The zero-order valence-electron chi connectivity index (χ0n) is 13.7. The molecule has 0 aliphatic rings. The fraction of sp³-hybridized carbons (Fsp3) is 0.111. The van der Waals surface area contributed by atoms with Crippen molar-refractivity contribution in [1.82, 2.24) is 19.7 Å². The van der Waals surface area contributed by atoms with Gasteiger partial charge in [-0.05, 0) is 13.0 Å². The number of amides is 1. The number of hydrogen-bond donors (Lipinski definition) is 1. The van der Waals surface area contributed by atoms with E-state index in [1.807, 2.05) is 55.7 Å². The topological polar surface area (TPSA) is 72.7 Å². The maximum Gasteiger partial charge on any atom is 0.259 e. The molecule has 3 heterocycles. The first-order valence-corrected chi connectivity index (χ1v) is 8.61. The molecule has 0 aliphatic carbocycles. The second-order valence-electron chi connectivity index (χ2n) is 5.66. The van der Waals surface area contributed by atoms with Crippen LogP contribution in [0.2, 0.25) is 0 Å². The van der Waals surface area contributed by atoms with Crippen molar-refractivity contribution < 1.29 is 4.79 Å². The summed E-state index contributed by atoms with van der Waals surface area (Å²) in [6.45, 7) is 1.90. The van der Waals surface area contributed by atoms with Crippen LogP contribution in [0.5, 0.6) is 0 Å². The Hall–Kier alpha value is -3.06. The average Bonchev–Trinajstić information content (AvgIpc) is 3.20. The summed E-state index contributed by atoms with van der Waals surface area (Å²) in [6, 6.07) is 11.7. The van der Waals surface area contributed by atoms with Gasteiger partial charge in [0, 0.05) is 29.6 Å². The lowest BCUT2D eigenvalue weighted by Gasteiger charge is -2.02. The number of nitrogens with one attached hydrogen (secondary N) is 1. The molecule has 1 amide bonds. The molecule has 1 aromatic carbocycles. The number of aromatic nitrogens is 4. The van der Waals surface area contributed by atoms with Gasteiger partial charge in [0.25, 0.3) is 5.91 Å². The zero-order chi connectivity index (χ0) is 17.4. The molecule has 0 unspecified atom stereocenters. The number of aryl methyl sites for hydroxylation is 2. The van der Waals surface area contributed by atoms with Gasteiger partial charge >= 0.3 is 0 Å². The van der Waals surface area contributed by atoms with E-state index in [0.29, 0.717) is 10.7 Å². The van der Waals surface area contributed by atoms with Crippen LogP contribution in [0.25, 0.3) is 22.3 Å². The highest BCUT2D eigenvalue weighted by atomic mass is 32.1. The number of pyridine rings is 1. The van der Waals surface area contributed by atoms with Crippen LogP contribution in [0, 0.1) is 6.92 Å². The number of carbonyl (C=O) groups is 1. The zero-order valence-corrected chi connectivity index (χ0v) is 14.5. The van der Waals surface area contributed by atoms with E-state index in [4.69, 9.17) is 0 Å². The number of nitrogens with zero attached hydrogens (tertiary/aromatic N) is 4. The van der Waals surface area contributed by atoms with E-state index in [-0.39, 0.29) is 5.91 Å². The van der Waals surface area contributed by atoms with Crippen molar-refractivity contribution in [2.24, 2.45) is 7.05 Å². The van der Waals surface area contributed by atoms with Crippen LogP contribution in [-0.4, -0.2) is 25.7 Å². The van der Waals surface area contributed by atoms with E-state index < -0.39 is 0 Å². The molecule has 7 heteroatoms. The van der Waals surface area contributed by atoms with E-state index in [0.717, 1.165) is 28.0 Å². The molecule has 0 bridgehead atoms. The number of benzene rings is 1. The molecule has 0 atom stereocenters. The average molecular weight is 349 g/mol. The third kappa shape index (κ3) is 2.89. The van der Waals surface area contributed by atoms with Crippen LogP contribution in [0.3, 0.4) is 0 Å². The Morgan fingerprint density at radius 1 is 1.24 bits per heavy atom. The normalized spacial score (nSPS) is 11.0. The molecule has 25 heavy (non-hydrogen) atoms. The van der Waals surface area contributed by atoms with Crippen LogP contribution < -0.4 is 5.32 Å². The molecule has 6 nitrogen and oxygen atoms in total. The number of carbonyl (C=O) groups excluding carboxylic acids is 1. The third-order valence-corrected chi connectivity index (χ3v) is 4.68. The van der Waals surface area contributed by atoms with Gasteiger partial charge in [-0.15, -0.1) is 11.3 Å². The van der Waals surface area contributed by atoms with Gasteiger partial charge in [-0.25, -0.2) is 9.97 Å². The van der Waals surface area contributed by atoms with Crippen LogP contribution in [0.1, 0.15) is 16.1 Å². The van der Waals surface area contributed by atoms with E-state index in [2.05, 4.69) is 20.4 Å². The minimum Gasteiger partial charge on any atom is -0.298 e. The Bertz CT molecular complexity index is 1070. The highest BCUT2D eigenvalue weighted by molar-refractivity contribution is 7.14. The Kier molecular flexibility index (Phi) is 3.77. The van der Waals surface area contributed by atoms with Gasteiger partial charge in [-0.1, -0.05) is 30.3 Å². The van der Waals surface area contributed by atoms with Crippen molar-refractivity contribution in [3.8, 4) is 11.3 Å². The van der Waals surface area contributed by atoms with Crippen molar-refractivity contribution in [3.63, 3.8) is 0 Å². The first kappa shape index (κ1) is 15.5. The van der Waals surface area contributed by atoms with Gasteiger partial charge < -0.3 is 0 Å². The summed E-state index contributed by atoms with van der Waals surface area (Å²) < 4.78 is 1.71. The molecule has 4 rings (SSSR count). The highest BCUT2D eigenvalue weighted by Gasteiger charge is 2.13. The molecule has 4 aromatic rings. The van der Waals surface area contributed by atoms with Crippen molar-refractivity contribution in [1.29, 1.82) is 0 Å². The van der Waals surface area contributed by atoms with Crippen LogP contribution >= 0.6 is 11.3 Å². The first-order valence-electron chi connectivity index (χ1n) is 7.73. The van der Waals surface area contributed by atoms with Gasteiger partial charge in [0.05, 0.1) is 17.0 Å². The summed E-state index contributed by atoms with van der Waals surface area (Å²) in [7, 11) is 1.84. The second-order valence-corrected chi connectivity index (χ2v) is 6.52. The molecule has 0 saturated carbocycles. The number of rotatable bonds is 3. The number of hydrogen-bond acceptors (Lipinski definition) is 5. The predicted molar refractivity (Wildman–Crippen MR) is 98.7 cm³/mol. The van der Waals surface area contributed by atoms with Gasteiger partial charge in [0.2, 0.25) is 0 Å². The summed E-state index contributed by atoms with van der Waals surface area (Å²) in [5.41, 5.74) is 3.96. The predicted octanol–water partition coefficient (Wildman–Crippen LogP) is 3.65. The Morgan fingerprint density at radius 3 is 2.84 bits per heavy atom. The molecule has 0 radical (unpaired) electrons. The molecule has 3 aromatic heterocycles. The number of thiazole rings is 1. The van der Waals surface area contributed by atoms with E-state index in [9.17, 15) is 4.79 Å². The fourth-order valence-electron chi connectivity index (χ4n) is 2.67. The minimum atomic E-state index is -0.230. The molecular formula is C18H15N5OS. The van der Waals surface area contributed by atoms with Gasteiger partial charge in [-0.2, -0.15) is 5.10 Å². The standard InChI is InChI=1S/C18H15N5OS/c1-11-14-8-13(9-19-16(14)23(2)22-11)17(24)21-18-20-15(10-25-18)12-6-4-3-5-7-12/h3-10H,1-2H3,(H,20,21,24). The Morgan fingerprint density at radius 2 is 2.04 bits per heavy atom. The molecular weight excluding hydrogens is 334 g/mol. The largest absolute Gasteiger partial charge is 0.298 e. The molecule has 0 aliphatic heterocycles. The van der Waals surface area contributed by atoms with Crippen molar-refractivity contribution in [2.45, 2.75) is 6.92 Å². The lowest BCUT2D eigenvalue weighted by molar-refractivity contribution is 0.102. The van der Waals surface area contributed by atoms with Gasteiger partial charge in [0.1, 0.15) is 0 Å². The van der Waals surface area contributed by atoms with Crippen molar-refractivity contribution >= 4 is 33.4 Å². The number of anilines is 1. The maximum absolute atomic E-state index is 12.5. The summed E-state index contributed by atoms with van der Waals surface area (Å²) in [5, 5.41) is 10.5. The van der Waals surface area contributed by atoms with Gasteiger partial charge in [-0.3, -0.25) is 14.8 Å². The summed E-state index contributed by atoms with van der Waals surface area (Å²) in [5.74, 6) is -0.230. The molecule has 0 fully saturated rings. The monoisotopic (exact) mass is 349 g/mol. The fourth-order valence-corrected chi connectivity index (χ4v) is 3.39. The molecule has 1 N–H and O–H groups in total. The first-order chi connectivity index (χ1) is 12.1. The maximum atomic E-state index is 12.5. The lowest BCUT2D eigenvalue weighted by atomic mass is 10.2.